The normalized spacial score (nSPS) is 17.0. The lowest BCUT2D eigenvalue weighted by Gasteiger charge is -2.27. The molecule has 1 aromatic heterocycles. The van der Waals surface area contributed by atoms with Gasteiger partial charge < -0.3 is 10.2 Å². The molecule has 25 heavy (non-hydrogen) atoms. The maximum absolute atomic E-state index is 12.9. The van der Waals surface area contributed by atoms with Crippen molar-refractivity contribution in [3.05, 3.63) is 24.3 Å². The molecule has 2 aromatic rings. The molecule has 2 heterocycles. The number of carbonyl (C=O) groups is 2. The minimum absolute atomic E-state index is 0.0404. The third-order valence-corrected chi connectivity index (χ3v) is 6.66. The summed E-state index contributed by atoms with van der Waals surface area (Å²) < 4.78 is 1.70. The zero-order chi connectivity index (χ0) is 17.8. The van der Waals surface area contributed by atoms with Gasteiger partial charge in [-0.1, -0.05) is 53.9 Å². The van der Waals surface area contributed by atoms with Gasteiger partial charge in [-0.25, -0.2) is 0 Å². The van der Waals surface area contributed by atoms with E-state index in [-0.39, 0.29) is 30.0 Å². The van der Waals surface area contributed by atoms with E-state index in [0.29, 0.717) is 5.69 Å². The van der Waals surface area contributed by atoms with Gasteiger partial charge in [-0.3, -0.25) is 9.59 Å². The zero-order valence-corrected chi connectivity index (χ0v) is 16.3. The molecule has 1 aliphatic rings. The fraction of sp³-hybridized carbons (Fsp3) is 0.375. The monoisotopic (exact) mass is 394 g/mol. The number of para-hydroxylation sites is 2. The number of nitrogens with one attached hydrogen (secondary N) is 1. The maximum Gasteiger partial charge on any atom is 0.237 e. The second kappa shape index (κ2) is 8.20. The number of benzene rings is 1. The van der Waals surface area contributed by atoms with Crippen LogP contribution in [0.5, 0.6) is 0 Å². The number of hydrogen-bond acceptors (Lipinski definition) is 7. The Morgan fingerprint density at radius 2 is 2.04 bits per heavy atom. The van der Waals surface area contributed by atoms with E-state index >= 15 is 0 Å². The molecule has 0 saturated carbocycles. The van der Waals surface area contributed by atoms with E-state index in [1.807, 2.05) is 31.2 Å². The van der Waals surface area contributed by atoms with Gasteiger partial charge in [-0.05, 0) is 24.8 Å². The van der Waals surface area contributed by atoms with Crippen molar-refractivity contribution < 1.29 is 9.59 Å². The Balaban J connectivity index is 1.74. The number of fused-ring (bicyclic) bond motifs is 1. The molecule has 2 amide bonds. The minimum Gasteiger partial charge on any atom is -0.324 e. The molecule has 1 aromatic carbocycles. The van der Waals surface area contributed by atoms with Gasteiger partial charge in [-0.2, -0.15) is 0 Å². The second-order valence-corrected chi connectivity index (χ2v) is 9.15. The predicted molar refractivity (Wildman–Crippen MR) is 104 cm³/mol. The Morgan fingerprint density at radius 1 is 1.32 bits per heavy atom. The van der Waals surface area contributed by atoms with E-state index < -0.39 is 0 Å². The summed E-state index contributed by atoms with van der Waals surface area (Å²) in [6, 6.07) is 7.20. The van der Waals surface area contributed by atoms with Crippen LogP contribution in [-0.4, -0.2) is 39.6 Å². The molecule has 132 valence electrons. The molecule has 9 heteroatoms. The average Bonchev–Trinajstić information content (AvgIpc) is 2.97. The summed E-state index contributed by atoms with van der Waals surface area (Å²) in [5, 5.41) is 11.1. The topological polar surface area (TPSA) is 75.2 Å². The smallest absolute Gasteiger partial charge is 0.237 e. The van der Waals surface area contributed by atoms with Crippen LogP contribution in [0.3, 0.4) is 0 Å². The summed E-state index contributed by atoms with van der Waals surface area (Å²) in [4.78, 5) is 26.6. The van der Waals surface area contributed by atoms with Crippen LogP contribution >= 0.6 is 34.9 Å². The molecular weight excluding hydrogens is 376 g/mol. The highest BCUT2D eigenvalue weighted by atomic mass is 32.2. The van der Waals surface area contributed by atoms with Crippen molar-refractivity contribution in [2.24, 2.45) is 0 Å². The van der Waals surface area contributed by atoms with Gasteiger partial charge in [-0.15, -0.1) is 10.2 Å². The molecule has 6 nitrogen and oxygen atoms in total. The Kier molecular flexibility index (Phi) is 5.98. The third-order valence-electron chi connectivity index (χ3n) is 3.60. The summed E-state index contributed by atoms with van der Waals surface area (Å²) in [5.74, 6) is 1.09. The number of aromatic nitrogens is 2. The van der Waals surface area contributed by atoms with Crippen LogP contribution in [0.1, 0.15) is 20.3 Å². The molecular formula is C16H18N4O2S3. The molecule has 0 unspecified atom stereocenters. The summed E-state index contributed by atoms with van der Waals surface area (Å²) in [6.45, 7) is 3.96. The number of thioether (sulfide) groups is 2. The van der Waals surface area contributed by atoms with Crippen LogP contribution in [0, 0.1) is 0 Å². The van der Waals surface area contributed by atoms with Crippen molar-refractivity contribution in [2.75, 3.05) is 21.7 Å². The zero-order valence-electron chi connectivity index (χ0n) is 13.9. The molecule has 0 bridgehead atoms. The van der Waals surface area contributed by atoms with Crippen LogP contribution in [-0.2, 0) is 9.59 Å². The number of rotatable bonds is 5. The second-order valence-electron chi connectivity index (χ2n) is 5.44. The van der Waals surface area contributed by atoms with Crippen molar-refractivity contribution in [1.29, 1.82) is 0 Å². The average molecular weight is 395 g/mol. The van der Waals surface area contributed by atoms with E-state index in [9.17, 15) is 9.59 Å². The Labute approximate surface area is 158 Å². The lowest BCUT2D eigenvalue weighted by molar-refractivity contribution is -0.117. The number of anilines is 2. The van der Waals surface area contributed by atoms with E-state index in [2.05, 4.69) is 22.4 Å². The summed E-state index contributed by atoms with van der Waals surface area (Å²) in [5.41, 5.74) is 1.42. The quantitative estimate of drug-likeness (QED) is 0.782. The van der Waals surface area contributed by atoms with Crippen LogP contribution in [0.4, 0.5) is 11.4 Å². The molecule has 3 rings (SSSR count). The Bertz CT molecular complexity index is 780. The standard InChI is InChI=1S/C16H18N4O2S3/c1-3-23-15-18-19-16(25-15)24-9-14(22)20-10(2)8-13(21)17-11-6-4-5-7-12(11)20/h4-7,10H,3,8-9H2,1-2H3,(H,17,21)/t10-/m0/s1. The first-order chi connectivity index (χ1) is 12.1. The molecule has 1 N–H and O–H groups in total. The van der Waals surface area contributed by atoms with Crippen molar-refractivity contribution in [3.8, 4) is 0 Å². The number of hydrogen-bond donors (Lipinski definition) is 1. The number of carbonyl (C=O) groups excluding carboxylic acids is 2. The van der Waals surface area contributed by atoms with Gasteiger partial charge in [0, 0.05) is 12.5 Å². The van der Waals surface area contributed by atoms with Gasteiger partial charge in [0.15, 0.2) is 8.68 Å². The largest absolute Gasteiger partial charge is 0.324 e. The maximum atomic E-state index is 12.9. The fourth-order valence-electron chi connectivity index (χ4n) is 2.60. The van der Waals surface area contributed by atoms with Crippen LogP contribution in [0.2, 0.25) is 0 Å². The molecule has 1 aliphatic heterocycles. The van der Waals surface area contributed by atoms with E-state index in [4.69, 9.17) is 0 Å². The van der Waals surface area contributed by atoms with E-state index in [1.165, 1.54) is 23.1 Å². The summed E-state index contributed by atoms with van der Waals surface area (Å²) in [6.07, 6.45) is 0.279. The third kappa shape index (κ3) is 4.34. The van der Waals surface area contributed by atoms with E-state index in [1.54, 1.807) is 16.7 Å². The lowest BCUT2D eigenvalue weighted by atomic mass is 10.2. The van der Waals surface area contributed by atoms with Gasteiger partial charge in [0.2, 0.25) is 11.8 Å². The first kappa shape index (κ1) is 18.2. The van der Waals surface area contributed by atoms with Crippen LogP contribution in [0.25, 0.3) is 0 Å². The Morgan fingerprint density at radius 3 is 2.80 bits per heavy atom. The van der Waals surface area contributed by atoms with Crippen LogP contribution < -0.4 is 10.2 Å². The summed E-state index contributed by atoms with van der Waals surface area (Å²) in [7, 11) is 0. The van der Waals surface area contributed by atoms with E-state index in [0.717, 1.165) is 20.1 Å². The van der Waals surface area contributed by atoms with Gasteiger partial charge in [0.05, 0.1) is 17.1 Å². The first-order valence-corrected chi connectivity index (χ1v) is 10.7. The number of amides is 2. The molecule has 0 radical (unpaired) electrons. The predicted octanol–water partition coefficient (Wildman–Crippen LogP) is 3.51. The van der Waals surface area contributed by atoms with Gasteiger partial charge in [0.25, 0.3) is 0 Å². The van der Waals surface area contributed by atoms with Crippen molar-refractivity contribution >= 4 is 58.0 Å². The molecule has 0 fully saturated rings. The number of nitrogens with zero attached hydrogens (tertiary/aromatic N) is 3. The minimum atomic E-state index is -0.197. The highest BCUT2D eigenvalue weighted by Gasteiger charge is 2.29. The first-order valence-electron chi connectivity index (χ1n) is 7.88. The van der Waals surface area contributed by atoms with Crippen molar-refractivity contribution in [3.63, 3.8) is 0 Å². The molecule has 1 atom stereocenters. The highest BCUT2D eigenvalue weighted by molar-refractivity contribution is 8.03. The fourth-order valence-corrected chi connectivity index (χ4v) is 5.37. The van der Waals surface area contributed by atoms with Crippen molar-refractivity contribution in [1.82, 2.24) is 10.2 Å². The van der Waals surface area contributed by atoms with Crippen LogP contribution in [0.15, 0.2) is 32.9 Å². The molecule has 0 aliphatic carbocycles. The van der Waals surface area contributed by atoms with Gasteiger partial charge in [0.1, 0.15) is 0 Å². The molecule has 0 spiro atoms. The SMILES string of the molecule is CCSc1nnc(SCC(=O)N2c3ccccc3NC(=O)C[C@@H]2C)s1. The highest BCUT2D eigenvalue weighted by Crippen LogP contribution is 2.33. The van der Waals surface area contributed by atoms with Crippen molar-refractivity contribution in [2.45, 2.75) is 35.0 Å². The molecule has 0 saturated heterocycles. The summed E-state index contributed by atoms with van der Waals surface area (Å²) >= 11 is 4.53. The van der Waals surface area contributed by atoms with Gasteiger partial charge >= 0.3 is 0 Å². The lowest BCUT2D eigenvalue weighted by Crippen LogP contribution is -2.40. The Hall–Kier alpha value is -1.58.